The molecule has 112 valence electrons. The highest BCUT2D eigenvalue weighted by atomic mass is 16.5. The smallest absolute Gasteiger partial charge is 0.344 e. The van der Waals surface area contributed by atoms with E-state index in [1.165, 1.54) is 11.7 Å². The average molecular weight is 291 g/mol. The summed E-state index contributed by atoms with van der Waals surface area (Å²) in [6, 6.07) is 5.11. The lowest BCUT2D eigenvalue weighted by atomic mass is 10.3. The van der Waals surface area contributed by atoms with Gasteiger partial charge in [0.05, 0.1) is 7.11 Å². The van der Waals surface area contributed by atoms with Gasteiger partial charge < -0.3 is 10.1 Å². The fourth-order valence-electron chi connectivity index (χ4n) is 1.82. The van der Waals surface area contributed by atoms with E-state index in [1.54, 1.807) is 18.2 Å². The third-order valence-electron chi connectivity index (χ3n) is 2.67. The van der Waals surface area contributed by atoms with Crippen molar-refractivity contribution >= 4 is 5.91 Å². The van der Waals surface area contributed by atoms with Gasteiger partial charge in [0.2, 0.25) is 11.8 Å². The van der Waals surface area contributed by atoms with Gasteiger partial charge in [-0.05, 0) is 19.9 Å². The molecule has 2 N–H and O–H groups in total. The second-order valence-corrected chi connectivity index (χ2v) is 4.73. The van der Waals surface area contributed by atoms with Gasteiger partial charge in [0.1, 0.15) is 12.2 Å². The van der Waals surface area contributed by atoms with E-state index in [1.807, 2.05) is 13.8 Å². The predicted octanol–water partition coefficient (Wildman–Crippen LogP) is 0.167. The van der Waals surface area contributed by atoms with Gasteiger partial charge >= 0.3 is 5.69 Å². The molecule has 0 aromatic carbocycles. The van der Waals surface area contributed by atoms with Crippen LogP contribution in [0.4, 0.5) is 0 Å². The van der Waals surface area contributed by atoms with Crippen LogP contribution in [0.3, 0.4) is 0 Å². The molecule has 1 amide bonds. The number of ether oxygens (including phenoxy) is 1. The Hall–Kier alpha value is -2.64. The van der Waals surface area contributed by atoms with Crippen molar-refractivity contribution in [3.63, 3.8) is 0 Å². The quantitative estimate of drug-likeness (QED) is 0.817. The van der Waals surface area contributed by atoms with E-state index in [4.69, 9.17) is 4.74 Å². The molecule has 0 unspecified atom stereocenters. The SMILES string of the molecule is COc1cccc(-c2n[nH]c(=O)n2CC(=O)NC(C)C)n1. The Labute approximate surface area is 121 Å². The molecule has 8 nitrogen and oxygen atoms in total. The maximum absolute atomic E-state index is 11.8. The van der Waals surface area contributed by atoms with E-state index in [0.717, 1.165) is 0 Å². The van der Waals surface area contributed by atoms with Crippen LogP contribution >= 0.6 is 0 Å². The number of hydrogen-bond donors (Lipinski definition) is 2. The third kappa shape index (κ3) is 3.47. The van der Waals surface area contributed by atoms with Crippen molar-refractivity contribution in [2.24, 2.45) is 0 Å². The molecule has 0 atom stereocenters. The molecule has 0 saturated heterocycles. The van der Waals surface area contributed by atoms with Gasteiger partial charge in [0.25, 0.3) is 0 Å². The summed E-state index contributed by atoms with van der Waals surface area (Å²) in [5.41, 5.74) is -0.0152. The molecule has 0 saturated carbocycles. The van der Waals surface area contributed by atoms with Gasteiger partial charge in [-0.25, -0.2) is 14.9 Å². The summed E-state index contributed by atoms with van der Waals surface area (Å²) in [5.74, 6) is 0.427. The summed E-state index contributed by atoms with van der Waals surface area (Å²) >= 11 is 0. The fourth-order valence-corrected chi connectivity index (χ4v) is 1.82. The van der Waals surface area contributed by atoms with E-state index >= 15 is 0 Å². The number of methoxy groups -OCH3 is 1. The first kappa shape index (κ1) is 14.8. The van der Waals surface area contributed by atoms with Crippen LogP contribution in [0.15, 0.2) is 23.0 Å². The minimum Gasteiger partial charge on any atom is -0.481 e. The predicted molar refractivity (Wildman–Crippen MR) is 75.9 cm³/mol. The minimum atomic E-state index is -0.464. The van der Waals surface area contributed by atoms with Crippen molar-refractivity contribution in [3.8, 4) is 17.4 Å². The Kier molecular flexibility index (Phi) is 4.36. The monoisotopic (exact) mass is 291 g/mol. The number of aromatic nitrogens is 4. The van der Waals surface area contributed by atoms with Gasteiger partial charge in [-0.1, -0.05) is 6.07 Å². The zero-order valence-corrected chi connectivity index (χ0v) is 12.1. The van der Waals surface area contributed by atoms with Gasteiger partial charge in [-0.3, -0.25) is 9.36 Å². The van der Waals surface area contributed by atoms with Crippen LogP contribution in [0.1, 0.15) is 13.8 Å². The van der Waals surface area contributed by atoms with Crippen LogP contribution < -0.4 is 15.7 Å². The molecule has 0 radical (unpaired) electrons. The van der Waals surface area contributed by atoms with Crippen molar-refractivity contribution in [2.45, 2.75) is 26.4 Å². The Morgan fingerprint density at radius 2 is 2.24 bits per heavy atom. The summed E-state index contributed by atoms with van der Waals surface area (Å²) in [6.07, 6.45) is 0. The number of pyridine rings is 1. The summed E-state index contributed by atoms with van der Waals surface area (Å²) in [6.45, 7) is 3.57. The van der Waals surface area contributed by atoms with Crippen LogP contribution in [0.25, 0.3) is 11.5 Å². The van der Waals surface area contributed by atoms with E-state index in [0.29, 0.717) is 11.6 Å². The number of nitrogens with zero attached hydrogens (tertiary/aromatic N) is 3. The number of aromatic amines is 1. The second-order valence-electron chi connectivity index (χ2n) is 4.73. The highest BCUT2D eigenvalue weighted by molar-refractivity contribution is 5.76. The number of carbonyl (C=O) groups is 1. The van der Waals surface area contributed by atoms with E-state index in [9.17, 15) is 9.59 Å². The molecule has 21 heavy (non-hydrogen) atoms. The van der Waals surface area contributed by atoms with Crippen molar-refractivity contribution < 1.29 is 9.53 Å². The molecule has 8 heteroatoms. The highest BCUT2D eigenvalue weighted by Crippen LogP contribution is 2.16. The first-order valence-corrected chi connectivity index (χ1v) is 6.47. The van der Waals surface area contributed by atoms with Crippen molar-refractivity contribution in [1.82, 2.24) is 25.1 Å². The number of carbonyl (C=O) groups excluding carboxylic acids is 1. The number of rotatable bonds is 5. The summed E-state index contributed by atoms with van der Waals surface area (Å²) in [7, 11) is 1.50. The number of amides is 1. The molecular weight excluding hydrogens is 274 g/mol. The molecule has 2 aromatic heterocycles. The lowest BCUT2D eigenvalue weighted by Gasteiger charge is -2.09. The first-order chi connectivity index (χ1) is 10.0. The molecule has 0 bridgehead atoms. The molecule has 0 aliphatic heterocycles. The minimum absolute atomic E-state index is 0.00139. The van der Waals surface area contributed by atoms with Gasteiger partial charge in [-0.2, -0.15) is 5.10 Å². The maximum atomic E-state index is 11.8. The molecule has 0 aliphatic rings. The topological polar surface area (TPSA) is 102 Å². The van der Waals surface area contributed by atoms with Gasteiger partial charge in [0.15, 0.2) is 5.82 Å². The van der Waals surface area contributed by atoms with Crippen LogP contribution in [0, 0.1) is 0 Å². The van der Waals surface area contributed by atoms with Gasteiger partial charge in [0, 0.05) is 12.1 Å². The Balaban J connectivity index is 2.33. The summed E-state index contributed by atoms with van der Waals surface area (Å²) in [4.78, 5) is 27.8. The summed E-state index contributed by atoms with van der Waals surface area (Å²) < 4.78 is 6.28. The standard InChI is InChI=1S/C13H17N5O3/c1-8(2)14-10(19)7-18-12(16-17-13(18)20)9-5-4-6-11(15-9)21-3/h4-6,8H,7H2,1-3H3,(H,14,19)(H,17,20). The van der Waals surface area contributed by atoms with Crippen LogP contribution in [0.2, 0.25) is 0 Å². The number of H-pyrrole nitrogens is 1. The van der Waals surface area contributed by atoms with Crippen molar-refractivity contribution in [2.75, 3.05) is 7.11 Å². The third-order valence-corrected chi connectivity index (χ3v) is 2.67. The number of hydrogen-bond acceptors (Lipinski definition) is 5. The molecule has 2 heterocycles. The zero-order chi connectivity index (χ0) is 15.4. The maximum Gasteiger partial charge on any atom is 0.344 e. The van der Waals surface area contributed by atoms with Gasteiger partial charge in [-0.15, -0.1) is 0 Å². The van der Waals surface area contributed by atoms with Crippen LogP contribution in [0.5, 0.6) is 5.88 Å². The second kappa shape index (κ2) is 6.21. The highest BCUT2D eigenvalue weighted by Gasteiger charge is 2.15. The van der Waals surface area contributed by atoms with E-state index in [2.05, 4.69) is 20.5 Å². The van der Waals surface area contributed by atoms with E-state index < -0.39 is 5.69 Å². The molecule has 2 rings (SSSR count). The van der Waals surface area contributed by atoms with Crippen molar-refractivity contribution in [1.29, 1.82) is 0 Å². The first-order valence-electron chi connectivity index (χ1n) is 6.47. The molecule has 0 aliphatic carbocycles. The van der Waals surface area contributed by atoms with E-state index in [-0.39, 0.29) is 24.3 Å². The Bertz CT molecular complexity index is 689. The molecule has 0 fully saturated rings. The number of nitrogens with one attached hydrogen (secondary N) is 2. The zero-order valence-electron chi connectivity index (χ0n) is 12.1. The van der Waals surface area contributed by atoms with Crippen LogP contribution in [-0.2, 0) is 11.3 Å². The Morgan fingerprint density at radius 3 is 2.90 bits per heavy atom. The molecule has 0 spiro atoms. The normalized spacial score (nSPS) is 10.7. The lowest BCUT2D eigenvalue weighted by Crippen LogP contribution is -2.35. The van der Waals surface area contributed by atoms with Crippen molar-refractivity contribution in [3.05, 3.63) is 28.7 Å². The largest absolute Gasteiger partial charge is 0.481 e. The summed E-state index contributed by atoms with van der Waals surface area (Å²) in [5, 5.41) is 8.97. The fraction of sp³-hybridized carbons (Fsp3) is 0.385. The lowest BCUT2D eigenvalue weighted by molar-refractivity contribution is -0.122. The van der Waals surface area contributed by atoms with Crippen LogP contribution in [-0.4, -0.2) is 38.8 Å². The Morgan fingerprint density at radius 1 is 1.48 bits per heavy atom. The average Bonchev–Trinajstić information content (AvgIpc) is 2.79. The molecule has 2 aromatic rings. The molecular formula is C13H17N5O3.